The molecule has 1 unspecified atom stereocenters. The van der Waals surface area contributed by atoms with E-state index < -0.39 is 0 Å². The average Bonchev–Trinajstić information content (AvgIpc) is 3.09. The minimum Gasteiger partial charge on any atom is -0.301 e. The molecule has 3 rings (SSSR count). The second kappa shape index (κ2) is 5.57. The fraction of sp³-hybridized carbons (Fsp3) is 0.385. The molecule has 1 fully saturated rings. The van der Waals surface area contributed by atoms with E-state index >= 15 is 0 Å². The molecule has 1 nitrogen and oxygen atoms in total. The Balaban J connectivity index is 1.81. The summed E-state index contributed by atoms with van der Waals surface area (Å²) < 4.78 is 0. The smallest absolute Gasteiger partial charge is 0.0767 e. The van der Waals surface area contributed by atoms with Crippen LogP contribution in [0.2, 0.25) is 0 Å². The van der Waals surface area contributed by atoms with E-state index in [9.17, 15) is 0 Å². The van der Waals surface area contributed by atoms with Crippen molar-refractivity contribution >= 4 is 34.4 Å². The van der Waals surface area contributed by atoms with Crippen LogP contribution in [0, 0.1) is 0 Å². The normalized spacial score (nSPS) is 20.2. The fourth-order valence-electron chi connectivity index (χ4n) is 2.12. The van der Waals surface area contributed by atoms with Crippen LogP contribution in [-0.2, 0) is 0 Å². The van der Waals surface area contributed by atoms with Crippen molar-refractivity contribution in [3.8, 4) is 0 Å². The Morgan fingerprint density at radius 2 is 1.82 bits per heavy atom. The van der Waals surface area contributed by atoms with Gasteiger partial charge >= 0.3 is 0 Å². The summed E-state index contributed by atoms with van der Waals surface area (Å²) in [6, 6.07) is 9.85. The van der Waals surface area contributed by atoms with Crippen LogP contribution in [0.15, 0.2) is 35.0 Å². The standard InChI is InChI=1S/C13H15NS3/c1-3-11(16-6-1)13(12-4-2-7-17-12)14-10-5-8-15-9-10/h1-4,6-7,10,13-14H,5,8-9H2. The molecule has 1 N–H and O–H groups in total. The second-order valence-electron chi connectivity index (χ2n) is 4.19. The number of rotatable bonds is 4. The summed E-state index contributed by atoms with van der Waals surface area (Å²) in [4.78, 5) is 2.87. The minimum atomic E-state index is 0.402. The van der Waals surface area contributed by atoms with E-state index in [1.54, 1.807) is 0 Å². The molecule has 17 heavy (non-hydrogen) atoms. The Kier molecular flexibility index (Phi) is 3.86. The van der Waals surface area contributed by atoms with Crippen LogP contribution in [0.1, 0.15) is 22.2 Å². The molecular weight excluding hydrogens is 266 g/mol. The fourth-order valence-corrected chi connectivity index (χ4v) is 4.96. The summed E-state index contributed by atoms with van der Waals surface area (Å²) in [7, 11) is 0. The number of hydrogen-bond acceptors (Lipinski definition) is 4. The highest BCUT2D eigenvalue weighted by atomic mass is 32.2. The summed E-state index contributed by atoms with van der Waals surface area (Å²) >= 11 is 5.76. The lowest BCUT2D eigenvalue weighted by Crippen LogP contribution is -2.32. The molecule has 1 saturated heterocycles. The summed E-state index contributed by atoms with van der Waals surface area (Å²) in [5, 5.41) is 8.16. The van der Waals surface area contributed by atoms with Crippen molar-refractivity contribution < 1.29 is 0 Å². The highest BCUT2D eigenvalue weighted by Gasteiger charge is 2.22. The second-order valence-corrected chi connectivity index (χ2v) is 7.30. The molecule has 0 amide bonds. The summed E-state index contributed by atoms with van der Waals surface area (Å²) in [6.45, 7) is 0. The van der Waals surface area contributed by atoms with Crippen LogP contribution in [-0.4, -0.2) is 17.5 Å². The van der Waals surface area contributed by atoms with E-state index in [1.165, 1.54) is 27.7 Å². The van der Waals surface area contributed by atoms with E-state index in [0.29, 0.717) is 12.1 Å². The van der Waals surface area contributed by atoms with Gasteiger partial charge in [-0.3, -0.25) is 0 Å². The van der Waals surface area contributed by atoms with Gasteiger partial charge in [-0.2, -0.15) is 11.8 Å². The van der Waals surface area contributed by atoms with Crippen molar-refractivity contribution in [1.29, 1.82) is 0 Å². The van der Waals surface area contributed by atoms with Crippen molar-refractivity contribution in [3.05, 3.63) is 44.8 Å². The largest absolute Gasteiger partial charge is 0.301 e. The highest BCUT2D eigenvalue weighted by Crippen LogP contribution is 2.31. The number of nitrogens with one attached hydrogen (secondary N) is 1. The third-order valence-electron chi connectivity index (χ3n) is 2.99. The number of thiophene rings is 2. The first-order valence-corrected chi connectivity index (χ1v) is 8.75. The van der Waals surface area contributed by atoms with E-state index in [0.717, 1.165) is 0 Å². The molecule has 0 bridgehead atoms. The van der Waals surface area contributed by atoms with E-state index in [1.807, 2.05) is 22.7 Å². The maximum Gasteiger partial charge on any atom is 0.0767 e. The zero-order valence-corrected chi connectivity index (χ0v) is 11.9. The molecule has 1 aliphatic rings. The molecule has 0 aromatic carbocycles. The van der Waals surface area contributed by atoms with Gasteiger partial charge in [-0.15, -0.1) is 22.7 Å². The third kappa shape index (κ3) is 2.76. The molecule has 1 atom stereocenters. The lowest BCUT2D eigenvalue weighted by atomic mass is 10.1. The van der Waals surface area contributed by atoms with Gasteiger partial charge in [-0.05, 0) is 35.1 Å². The highest BCUT2D eigenvalue weighted by molar-refractivity contribution is 7.99. The molecule has 2 aromatic heterocycles. The summed E-state index contributed by atoms with van der Waals surface area (Å²) in [5.74, 6) is 2.56. The lowest BCUT2D eigenvalue weighted by molar-refractivity contribution is 0.515. The Hall–Kier alpha value is -0.290. The summed E-state index contributed by atoms with van der Waals surface area (Å²) in [5.41, 5.74) is 0. The van der Waals surface area contributed by atoms with Gasteiger partial charge in [0, 0.05) is 21.5 Å². The van der Waals surface area contributed by atoms with Gasteiger partial charge in [0.1, 0.15) is 0 Å². The molecule has 0 saturated carbocycles. The molecule has 0 radical (unpaired) electrons. The first-order valence-electron chi connectivity index (χ1n) is 5.84. The predicted octanol–water partition coefficient (Wildman–Crippen LogP) is 3.99. The van der Waals surface area contributed by atoms with Gasteiger partial charge in [0.15, 0.2) is 0 Å². The van der Waals surface area contributed by atoms with Gasteiger partial charge in [-0.25, -0.2) is 0 Å². The number of hydrogen-bond donors (Lipinski definition) is 1. The van der Waals surface area contributed by atoms with Crippen molar-refractivity contribution in [3.63, 3.8) is 0 Å². The van der Waals surface area contributed by atoms with Crippen LogP contribution in [0.5, 0.6) is 0 Å². The van der Waals surface area contributed by atoms with Crippen molar-refractivity contribution in [2.24, 2.45) is 0 Å². The average molecular weight is 281 g/mol. The maximum absolute atomic E-state index is 3.82. The zero-order valence-electron chi connectivity index (χ0n) is 9.46. The third-order valence-corrected chi connectivity index (χ3v) is 6.02. The van der Waals surface area contributed by atoms with E-state index in [4.69, 9.17) is 0 Å². The van der Waals surface area contributed by atoms with Gasteiger partial charge in [0.2, 0.25) is 0 Å². The van der Waals surface area contributed by atoms with Crippen LogP contribution >= 0.6 is 34.4 Å². The molecular formula is C13H15NS3. The molecule has 3 heterocycles. The monoisotopic (exact) mass is 281 g/mol. The van der Waals surface area contributed by atoms with Crippen LogP contribution in [0.4, 0.5) is 0 Å². The molecule has 90 valence electrons. The van der Waals surface area contributed by atoms with Crippen molar-refractivity contribution in [1.82, 2.24) is 5.32 Å². The molecule has 0 spiro atoms. The maximum atomic E-state index is 3.82. The van der Waals surface area contributed by atoms with Gasteiger partial charge in [0.05, 0.1) is 6.04 Å². The predicted molar refractivity (Wildman–Crippen MR) is 79.3 cm³/mol. The molecule has 1 aliphatic heterocycles. The van der Waals surface area contributed by atoms with Crippen LogP contribution in [0.3, 0.4) is 0 Å². The van der Waals surface area contributed by atoms with Gasteiger partial charge in [-0.1, -0.05) is 12.1 Å². The zero-order chi connectivity index (χ0) is 11.5. The first-order chi connectivity index (χ1) is 8.43. The van der Waals surface area contributed by atoms with Crippen LogP contribution < -0.4 is 5.32 Å². The Morgan fingerprint density at radius 1 is 1.12 bits per heavy atom. The molecule has 0 aliphatic carbocycles. The van der Waals surface area contributed by atoms with Gasteiger partial charge in [0.25, 0.3) is 0 Å². The quantitative estimate of drug-likeness (QED) is 0.909. The summed E-state index contributed by atoms with van der Waals surface area (Å²) in [6.07, 6.45) is 1.30. The topological polar surface area (TPSA) is 12.0 Å². The lowest BCUT2D eigenvalue weighted by Gasteiger charge is -2.20. The first kappa shape index (κ1) is 11.8. The van der Waals surface area contributed by atoms with Crippen molar-refractivity contribution in [2.75, 3.05) is 11.5 Å². The van der Waals surface area contributed by atoms with E-state index in [2.05, 4.69) is 52.1 Å². The van der Waals surface area contributed by atoms with Crippen molar-refractivity contribution in [2.45, 2.75) is 18.5 Å². The molecule has 2 aromatic rings. The Labute approximate surface area is 114 Å². The van der Waals surface area contributed by atoms with E-state index in [-0.39, 0.29) is 0 Å². The van der Waals surface area contributed by atoms with Gasteiger partial charge < -0.3 is 5.32 Å². The SMILES string of the molecule is c1csc(C(NC2CCSC2)c2cccs2)c1. The minimum absolute atomic E-state index is 0.402. The number of thioether (sulfide) groups is 1. The Morgan fingerprint density at radius 3 is 2.29 bits per heavy atom. The molecule has 4 heteroatoms. The Bertz CT molecular complexity index is 395. The van der Waals surface area contributed by atoms with Crippen LogP contribution in [0.25, 0.3) is 0 Å².